The topological polar surface area (TPSA) is 14.1 Å². The Bertz CT molecular complexity index is 513. The van der Waals surface area contributed by atoms with E-state index in [1.165, 1.54) is 87.6 Å². The summed E-state index contributed by atoms with van der Waals surface area (Å²) in [4.78, 5) is 0. The van der Waals surface area contributed by atoms with E-state index < -0.39 is 0 Å². The lowest BCUT2D eigenvalue weighted by Crippen LogP contribution is -1.95. The van der Waals surface area contributed by atoms with Gasteiger partial charge in [-0.25, -0.2) is 0 Å². The number of unbranched alkanes of at least 4 members (excludes halogenated alkanes) is 6. The molecule has 0 bridgehead atoms. The molecule has 0 spiro atoms. The maximum Gasteiger partial charge on any atom is 0.0711 e. The quantitative estimate of drug-likeness (QED) is 0.510. The van der Waals surface area contributed by atoms with Gasteiger partial charge in [-0.15, -0.1) is 0 Å². The molecule has 0 saturated carbocycles. The lowest BCUT2D eigenvalue weighted by Gasteiger charge is -2.10. The summed E-state index contributed by atoms with van der Waals surface area (Å²) in [5, 5.41) is 4.83. The largest absolute Gasteiger partial charge is 0.253 e. The summed E-state index contributed by atoms with van der Waals surface area (Å²) in [7, 11) is 0. The van der Waals surface area contributed by atoms with Crippen LogP contribution in [0.1, 0.15) is 82.3 Å². The van der Waals surface area contributed by atoms with Crippen LogP contribution in [0.4, 0.5) is 5.69 Å². The van der Waals surface area contributed by atoms with Gasteiger partial charge in [0.05, 0.1) is 5.69 Å². The molecule has 1 aliphatic carbocycles. The Hall–Kier alpha value is -1.24. The van der Waals surface area contributed by atoms with Gasteiger partial charge in [0, 0.05) is 11.3 Å². The summed E-state index contributed by atoms with van der Waals surface area (Å²) in [6, 6.07) is 6.72. The highest BCUT2D eigenvalue weighted by Gasteiger charge is 2.28. The van der Waals surface area contributed by atoms with Gasteiger partial charge < -0.3 is 0 Å². The molecule has 0 N–H and O–H groups in total. The first kappa shape index (κ1) is 14.7. The number of benzene rings is 1. The molecular formula is C20H28N. The molecule has 1 aliphatic heterocycles. The SMILES string of the molecule is CCCCCCCCCc1cccc2c1C1=C(CCC1)[N]2. The van der Waals surface area contributed by atoms with Crippen LogP contribution in [0.2, 0.25) is 0 Å². The molecule has 0 aromatic heterocycles. The third-order valence-electron chi connectivity index (χ3n) is 4.92. The van der Waals surface area contributed by atoms with Crippen molar-refractivity contribution in [1.82, 2.24) is 5.32 Å². The van der Waals surface area contributed by atoms with E-state index in [1.54, 1.807) is 11.1 Å². The minimum Gasteiger partial charge on any atom is -0.253 e. The molecule has 2 aliphatic rings. The van der Waals surface area contributed by atoms with Crippen LogP contribution in [0.15, 0.2) is 23.9 Å². The van der Waals surface area contributed by atoms with Gasteiger partial charge in [0.2, 0.25) is 0 Å². The van der Waals surface area contributed by atoms with Crippen LogP contribution in [0.3, 0.4) is 0 Å². The molecule has 0 atom stereocenters. The Kier molecular flexibility index (Phi) is 5.00. The van der Waals surface area contributed by atoms with Crippen molar-refractivity contribution in [3.63, 3.8) is 0 Å². The zero-order valence-electron chi connectivity index (χ0n) is 13.5. The van der Waals surface area contributed by atoms with Crippen molar-refractivity contribution in [3.05, 3.63) is 35.0 Å². The van der Waals surface area contributed by atoms with Crippen LogP contribution >= 0.6 is 0 Å². The number of nitrogens with zero attached hydrogens (tertiary/aromatic N) is 1. The molecule has 3 rings (SSSR count). The predicted octanol–water partition coefficient (Wildman–Crippen LogP) is 6.12. The second-order valence-electron chi connectivity index (χ2n) is 6.57. The molecule has 1 heteroatoms. The fourth-order valence-electron chi connectivity index (χ4n) is 3.77. The zero-order valence-corrected chi connectivity index (χ0v) is 13.5. The van der Waals surface area contributed by atoms with Crippen LogP contribution < -0.4 is 5.32 Å². The van der Waals surface area contributed by atoms with Gasteiger partial charge >= 0.3 is 0 Å². The number of hydrogen-bond donors (Lipinski definition) is 0. The molecule has 1 radical (unpaired) electrons. The van der Waals surface area contributed by atoms with Crippen molar-refractivity contribution in [1.29, 1.82) is 0 Å². The Morgan fingerprint density at radius 1 is 0.952 bits per heavy atom. The molecule has 1 nitrogen and oxygen atoms in total. The summed E-state index contributed by atoms with van der Waals surface area (Å²) in [6.45, 7) is 2.28. The highest BCUT2D eigenvalue weighted by molar-refractivity contribution is 5.85. The molecule has 0 saturated heterocycles. The van der Waals surface area contributed by atoms with Crippen molar-refractivity contribution in [2.75, 3.05) is 0 Å². The number of aryl methyl sites for hydroxylation is 1. The molecule has 113 valence electrons. The molecule has 21 heavy (non-hydrogen) atoms. The van der Waals surface area contributed by atoms with Crippen LogP contribution in [-0.4, -0.2) is 0 Å². The normalized spacial score (nSPS) is 16.0. The Labute approximate surface area is 129 Å². The maximum absolute atomic E-state index is 4.83. The summed E-state index contributed by atoms with van der Waals surface area (Å²) >= 11 is 0. The van der Waals surface area contributed by atoms with E-state index in [0.717, 1.165) is 0 Å². The van der Waals surface area contributed by atoms with Crippen molar-refractivity contribution in [2.45, 2.75) is 77.6 Å². The first-order valence-electron chi connectivity index (χ1n) is 8.96. The van der Waals surface area contributed by atoms with Gasteiger partial charge in [-0.1, -0.05) is 57.6 Å². The Morgan fingerprint density at radius 2 is 1.76 bits per heavy atom. The van der Waals surface area contributed by atoms with Gasteiger partial charge in [0.1, 0.15) is 0 Å². The van der Waals surface area contributed by atoms with E-state index in [9.17, 15) is 0 Å². The molecule has 1 aromatic carbocycles. The average Bonchev–Trinajstić information content (AvgIpc) is 3.07. The van der Waals surface area contributed by atoms with Crippen molar-refractivity contribution < 1.29 is 0 Å². The summed E-state index contributed by atoms with van der Waals surface area (Å²) in [6.07, 6.45) is 14.7. The van der Waals surface area contributed by atoms with Gasteiger partial charge in [0.25, 0.3) is 0 Å². The summed E-state index contributed by atoms with van der Waals surface area (Å²) in [5.74, 6) is 0. The fraction of sp³-hybridized carbons (Fsp3) is 0.600. The number of rotatable bonds is 8. The lowest BCUT2D eigenvalue weighted by atomic mass is 9.95. The fourth-order valence-corrected chi connectivity index (χ4v) is 3.77. The zero-order chi connectivity index (χ0) is 14.5. The van der Waals surface area contributed by atoms with Gasteiger partial charge in [-0.05, 0) is 49.3 Å². The maximum atomic E-state index is 4.83. The van der Waals surface area contributed by atoms with Crippen LogP contribution in [0, 0.1) is 0 Å². The van der Waals surface area contributed by atoms with Crippen LogP contribution in [-0.2, 0) is 6.42 Å². The van der Waals surface area contributed by atoms with E-state index in [2.05, 4.69) is 25.1 Å². The lowest BCUT2D eigenvalue weighted by molar-refractivity contribution is 0.589. The second kappa shape index (κ2) is 7.15. The average molecular weight is 282 g/mol. The minimum absolute atomic E-state index is 1.20. The molecule has 1 aromatic rings. The summed E-state index contributed by atoms with van der Waals surface area (Å²) in [5.41, 5.74) is 7.27. The molecule has 0 fully saturated rings. The Morgan fingerprint density at radius 3 is 2.62 bits per heavy atom. The van der Waals surface area contributed by atoms with Crippen LogP contribution in [0.25, 0.3) is 5.57 Å². The molecule has 0 unspecified atom stereocenters. The minimum atomic E-state index is 1.20. The van der Waals surface area contributed by atoms with E-state index in [1.807, 2.05) is 0 Å². The molecule has 1 heterocycles. The summed E-state index contributed by atoms with van der Waals surface area (Å²) < 4.78 is 0. The van der Waals surface area contributed by atoms with E-state index >= 15 is 0 Å². The van der Waals surface area contributed by atoms with E-state index in [-0.39, 0.29) is 0 Å². The smallest absolute Gasteiger partial charge is 0.0711 e. The Balaban J connectivity index is 1.52. The van der Waals surface area contributed by atoms with E-state index in [4.69, 9.17) is 5.32 Å². The standard InChI is InChI=1S/C20H28N/c1-2-3-4-5-6-7-8-11-16-12-9-15-19-20(16)17-13-10-14-18(17)21-19/h9,12,15H,2-8,10-11,13-14H2,1H3. The highest BCUT2D eigenvalue weighted by atomic mass is 14.9. The van der Waals surface area contributed by atoms with E-state index in [0.29, 0.717) is 0 Å². The van der Waals surface area contributed by atoms with Crippen LogP contribution in [0.5, 0.6) is 0 Å². The number of fused-ring (bicyclic) bond motifs is 2. The number of allylic oxidation sites excluding steroid dienone is 2. The second-order valence-corrected chi connectivity index (χ2v) is 6.57. The van der Waals surface area contributed by atoms with Crippen molar-refractivity contribution >= 4 is 11.3 Å². The third-order valence-corrected chi connectivity index (χ3v) is 4.92. The number of hydrogen-bond acceptors (Lipinski definition) is 0. The van der Waals surface area contributed by atoms with Gasteiger partial charge in [-0.2, -0.15) is 0 Å². The van der Waals surface area contributed by atoms with Gasteiger partial charge in [0.15, 0.2) is 0 Å². The molecular weight excluding hydrogens is 254 g/mol. The monoisotopic (exact) mass is 282 g/mol. The predicted molar refractivity (Wildman–Crippen MR) is 90.7 cm³/mol. The van der Waals surface area contributed by atoms with Gasteiger partial charge in [-0.3, -0.25) is 5.32 Å². The van der Waals surface area contributed by atoms with Crippen molar-refractivity contribution in [3.8, 4) is 0 Å². The first-order valence-corrected chi connectivity index (χ1v) is 8.96. The first-order chi connectivity index (χ1) is 10.4. The molecule has 0 amide bonds. The highest BCUT2D eigenvalue weighted by Crippen LogP contribution is 2.45. The third kappa shape index (κ3) is 3.33. The van der Waals surface area contributed by atoms with Crippen molar-refractivity contribution in [2.24, 2.45) is 0 Å².